The molecule has 0 saturated carbocycles. The SMILES string of the molecule is Cc1ccc(NC(=O)CN2CCN(C(=O)CN[C@@H](C)c3ccc(Cl)cc3)CC2)cc1. The average molecular weight is 429 g/mol. The first-order chi connectivity index (χ1) is 14.4. The highest BCUT2D eigenvalue weighted by Crippen LogP contribution is 2.16. The minimum Gasteiger partial charge on any atom is -0.339 e. The molecule has 1 heterocycles. The summed E-state index contributed by atoms with van der Waals surface area (Å²) in [5.74, 6) is 0.0525. The molecule has 3 rings (SSSR count). The second-order valence-electron chi connectivity index (χ2n) is 7.73. The number of hydrogen-bond donors (Lipinski definition) is 2. The van der Waals surface area contributed by atoms with E-state index < -0.39 is 0 Å². The highest BCUT2D eigenvalue weighted by atomic mass is 35.5. The summed E-state index contributed by atoms with van der Waals surface area (Å²) in [6, 6.07) is 15.5. The third kappa shape index (κ3) is 6.55. The topological polar surface area (TPSA) is 64.7 Å². The van der Waals surface area contributed by atoms with Crippen LogP contribution in [-0.4, -0.2) is 60.9 Å². The van der Waals surface area contributed by atoms with Crippen LogP contribution in [0, 0.1) is 6.92 Å². The van der Waals surface area contributed by atoms with Gasteiger partial charge in [0, 0.05) is 42.9 Å². The zero-order chi connectivity index (χ0) is 21.5. The first-order valence-electron chi connectivity index (χ1n) is 10.3. The van der Waals surface area contributed by atoms with Crippen molar-refractivity contribution in [2.45, 2.75) is 19.9 Å². The number of nitrogens with one attached hydrogen (secondary N) is 2. The summed E-state index contributed by atoms with van der Waals surface area (Å²) in [6.07, 6.45) is 0. The van der Waals surface area contributed by atoms with Gasteiger partial charge in [-0.15, -0.1) is 0 Å². The Hall–Kier alpha value is -2.41. The summed E-state index contributed by atoms with van der Waals surface area (Å²) >= 11 is 5.92. The van der Waals surface area contributed by atoms with Gasteiger partial charge in [-0.3, -0.25) is 14.5 Å². The molecule has 0 bridgehead atoms. The molecule has 2 N–H and O–H groups in total. The first kappa shape index (κ1) is 22.3. The molecule has 1 fully saturated rings. The van der Waals surface area contributed by atoms with Gasteiger partial charge in [0.2, 0.25) is 11.8 Å². The number of piperazine rings is 1. The first-order valence-corrected chi connectivity index (χ1v) is 10.6. The number of amides is 2. The lowest BCUT2D eigenvalue weighted by Crippen LogP contribution is -2.52. The van der Waals surface area contributed by atoms with Crippen molar-refractivity contribution in [1.82, 2.24) is 15.1 Å². The van der Waals surface area contributed by atoms with E-state index in [1.807, 2.05) is 67.3 Å². The number of nitrogens with zero attached hydrogens (tertiary/aromatic N) is 2. The van der Waals surface area contributed by atoms with Crippen LogP contribution in [0.2, 0.25) is 5.02 Å². The van der Waals surface area contributed by atoms with Crippen molar-refractivity contribution in [2.75, 3.05) is 44.6 Å². The molecule has 1 saturated heterocycles. The zero-order valence-corrected chi connectivity index (χ0v) is 18.3. The lowest BCUT2D eigenvalue weighted by atomic mass is 10.1. The molecule has 2 amide bonds. The van der Waals surface area contributed by atoms with Gasteiger partial charge in [0.15, 0.2) is 0 Å². The second kappa shape index (κ2) is 10.6. The zero-order valence-electron chi connectivity index (χ0n) is 17.5. The Labute approximate surface area is 183 Å². The lowest BCUT2D eigenvalue weighted by Gasteiger charge is -2.34. The van der Waals surface area contributed by atoms with E-state index in [1.54, 1.807) is 0 Å². The third-order valence-electron chi connectivity index (χ3n) is 5.36. The molecular formula is C23H29ClN4O2. The highest BCUT2D eigenvalue weighted by Gasteiger charge is 2.22. The maximum atomic E-state index is 12.5. The average Bonchev–Trinajstić information content (AvgIpc) is 2.74. The van der Waals surface area contributed by atoms with Gasteiger partial charge >= 0.3 is 0 Å². The number of rotatable bonds is 7. The molecule has 1 atom stereocenters. The van der Waals surface area contributed by atoms with Crippen molar-refractivity contribution in [3.05, 3.63) is 64.7 Å². The molecule has 0 aliphatic carbocycles. The Morgan fingerprint density at radius 2 is 1.63 bits per heavy atom. The van der Waals surface area contributed by atoms with Crippen LogP contribution in [0.25, 0.3) is 0 Å². The summed E-state index contributed by atoms with van der Waals surface area (Å²) in [5.41, 5.74) is 3.06. The van der Waals surface area contributed by atoms with Crippen molar-refractivity contribution in [3.63, 3.8) is 0 Å². The molecule has 30 heavy (non-hydrogen) atoms. The Balaban J connectivity index is 1.38. The minimum atomic E-state index is -0.0305. The molecule has 2 aromatic rings. The molecule has 0 unspecified atom stereocenters. The van der Waals surface area contributed by atoms with E-state index >= 15 is 0 Å². The van der Waals surface area contributed by atoms with E-state index in [4.69, 9.17) is 11.6 Å². The molecule has 2 aromatic carbocycles. The van der Waals surface area contributed by atoms with Gasteiger partial charge in [-0.1, -0.05) is 41.4 Å². The molecule has 6 nitrogen and oxygen atoms in total. The van der Waals surface area contributed by atoms with E-state index in [0.717, 1.165) is 16.8 Å². The summed E-state index contributed by atoms with van der Waals surface area (Å²) in [6.45, 7) is 7.32. The van der Waals surface area contributed by atoms with Crippen LogP contribution in [0.15, 0.2) is 48.5 Å². The maximum absolute atomic E-state index is 12.5. The standard InChI is InChI=1S/C23H29ClN4O2/c1-17-3-9-21(10-4-17)26-22(29)16-27-11-13-28(14-12-27)23(30)15-25-18(2)19-5-7-20(24)8-6-19/h3-10,18,25H,11-16H2,1-2H3,(H,26,29)/t18-/m0/s1. The predicted molar refractivity (Wildman–Crippen MR) is 121 cm³/mol. The number of carbonyl (C=O) groups is 2. The van der Waals surface area contributed by atoms with Crippen LogP contribution in [0.1, 0.15) is 24.1 Å². The normalized spacial score (nSPS) is 15.6. The summed E-state index contributed by atoms with van der Waals surface area (Å²) < 4.78 is 0. The van der Waals surface area contributed by atoms with E-state index in [-0.39, 0.29) is 24.4 Å². The fourth-order valence-corrected chi connectivity index (χ4v) is 3.54. The van der Waals surface area contributed by atoms with Crippen molar-refractivity contribution >= 4 is 29.1 Å². The largest absolute Gasteiger partial charge is 0.339 e. The van der Waals surface area contributed by atoms with Crippen LogP contribution in [0.5, 0.6) is 0 Å². The molecular weight excluding hydrogens is 400 g/mol. The number of hydrogen-bond acceptors (Lipinski definition) is 4. The molecule has 0 radical (unpaired) electrons. The number of carbonyl (C=O) groups excluding carboxylic acids is 2. The van der Waals surface area contributed by atoms with Gasteiger partial charge in [0.1, 0.15) is 0 Å². The van der Waals surface area contributed by atoms with Crippen LogP contribution in [0.3, 0.4) is 0 Å². The van der Waals surface area contributed by atoms with Crippen molar-refractivity contribution in [1.29, 1.82) is 0 Å². The fourth-order valence-electron chi connectivity index (χ4n) is 3.42. The quantitative estimate of drug-likeness (QED) is 0.711. The number of benzene rings is 2. The summed E-state index contributed by atoms with van der Waals surface area (Å²) in [4.78, 5) is 28.7. The maximum Gasteiger partial charge on any atom is 0.238 e. The van der Waals surface area contributed by atoms with Gasteiger partial charge in [-0.2, -0.15) is 0 Å². The smallest absolute Gasteiger partial charge is 0.238 e. The van der Waals surface area contributed by atoms with E-state index in [0.29, 0.717) is 37.7 Å². The highest BCUT2D eigenvalue weighted by molar-refractivity contribution is 6.30. The molecule has 0 spiro atoms. The van der Waals surface area contributed by atoms with Crippen LogP contribution < -0.4 is 10.6 Å². The Morgan fingerprint density at radius 3 is 2.27 bits per heavy atom. The number of aryl methyl sites for hydroxylation is 1. The van der Waals surface area contributed by atoms with Crippen LogP contribution in [0.4, 0.5) is 5.69 Å². The van der Waals surface area contributed by atoms with Crippen molar-refractivity contribution in [2.24, 2.45) is 0 Å². The number of anilines is 1. The van der Waals surface area contributed by atoms with Crippen molar-refractivity contribution in [3.8, 4) is 0 Å². The molecule has 1 aliphatic heterocycles. The van der Waals surface area contributed by atoms with Gasteiger partial charge < -0.3 is 15.5 Å². The van der Waals surface area contributed by atoms with Gasteiger partial charge in [-0.25, -0.2) is 0 Å². The van der Waals surface area contributed by atoms with E-state index in [2.05, 4.69) is 15.5 Å². The minimum absolute atomic E-state index is 0.0305. The van der Waals surface area contributed by atoms with Crippen LogP contribution in [-0.2, 0) is 9.59 Å². The fraction of sp³-hybridized carbons (Fsp3) is 0.391. The Bertz CT molecular complexity index is 847. The van der Waals surface area contributed by atoms with Crippen LogP contribution >= 0.6 is 11.6 Å². The Kier molecular flexibility index (Phi) is 7.85. The molecule has 1 aliphatic rings. The van der Waals surface area contributed by atoms with E-state index in [9.17, 15) is 9.59 Å². The monoisotopic (exact) mass is 428 g/mol. The molecule has 0 aromatic heterocycles. The summed E-state index contributed by atoms with van der Waals surface area (Å²) in [5, 5.41) is 6.90. The predicted octanol–water partition coefficient (Wildman–Crippen LogP) is 3.08. The third-order valence-corrected chi connectivity index (χ3v) is 5.61. The van der Waals surface area contributed by atoms with Gasteiger partial charge in [0.25, 0.3) is 0 Å². The number of halogens is 1. The van der Waals surface area contributed by atoms with E-state index in [1.165, 1.54) is 0 Å². The second-order valence-corrected chi connectivity index (χ2v) is 8.16. The summed E-state index contributed by atoms with van der Waals surface area (Å²) in [7, 11) is 0. The van der Waals surface area contributed by atoms with Gasteiger partial charge in [0.05, 0.1) is 13.1 Å². The van der Waals surface area contributed by atoms with Gasteiger partial charge in [-0.05, 0) is 43.7 Å². The molecule has 7 heteroatoms. The lowest BCUT2D eigenvalue weighted by molar-refractivity contribution is -0.132. The molecule has 160 valence electrons. The van der Waals surface area contributed by atoms with Crippen molar-refractivity contribution < 1.29 is 9.59 Å². The Morgan fingerprint density at radius 1 is 1.00 bits per heavy atom.